The number of carbonyl (C=O) groups is 1. The number of fused-ring (bicyclic) bond motifs is 1. The molecular formula is C20H32N2O4S. The Morgan fingerprint density at radius 3 is 2.67 bits per heavy atom. The van der Waals surface area contributed by atoms with Crippen LogP contribution in [0.15, 0.2) is 18.2 Å². The van der Waals surface area contributed by atoms with Gasteiger partial charge in [0.25, 0.3) is 0 Å². The third-order valence-corrected chi connectivity index (χ3v) is 6.70. The molecule has 2 rings (SSSR count). The fraction of sp³-hybridized carbons (Fsp3) is 0.650. The van der Waals surface area contributed by atoms with E-state index < -0.39 is 9.84 Å². The van der Waals surface area contributed by atoms with Gasteiger partial charge in [-0.05, 0) is 51.4 Å². The average Bonchev–Trinajstić information content (AvgIpc) is 2.60. The number of amides is 1. The summed E-state index contributed by atoms with van der Waals surface area (Å²) in [5.74, 6) is 1.38. The van der Waals surface area contributed by atoms with Gasteiger partial charge in [0.15, 0.2) is 0 Å². The number of hydrogen-bond donors (Lipinski definition) is 2. The third kappa shape index (κ3) is 6.81. The van der Waals surface area contributed by atoms with Crippen molar-refractivity contribution in [3.05, 3.63) is 23.8 Å². The number of hydrogen-bond acceptors (Lipinski definition) is 5. The topological polar surface area (TPSA) is 84.5 Å². The van der Waals surface area contributed by atoms with E-state index in [4.69, 9.17) is 4.74 Å². The van der Waals surface area contributed by atoms with Crippen molar-refractivity contribution in [1.82, 2.24) is 5.32 Å². The van der Waals surface area contributed by atoms with E-state index in [1.54, 1.807) is 6.92 Å². The number of ether oxygens (including phenoxy) is 1. The molecule has 0 saturated carbocycles. The van der Waals surface area contributed by atoms with Crippen LogP contribution in [0, 0.1) is 0 Å². The monoisotopic (exact) mass is 396 g/mol. The van der Waals surface area contributed by atoms with Crippen LogP contribution in [-0.4, -0.2) is 38.5 Å². The molecule has 6 nitrogen and oxygen atoms in total. The van der Waals surface area contributed by atoms with Crippen LogP contribution >= 0.6 is 0 Å². The highest BCUT2D eigenvalue weighted by molar-refractivity contribution is 7.91. The van der Waals surface area contributed by atoms with E-state index in [1.165, 1.54) is 0 Å². The maximum Gasteiger partial charge on any atom is 0.211 e. The Labute approximate surface area is 163 Å². The second-order valence-corrected chi connectivity index (χ2v) is 10.2. The minimum absolute atomic E-state index is 0.164. The second-order valence-electron chi connectivity index (χ2n) is 7.74. The molecule has 1 aliphatic rings. The SMILES string of the molecule is CCS(=O)(=O)CCCCCCNC1CC(C)(C)Oc2ccc(NC=O)cc21. The molecule has 1 heterocycles. The van der Waals surface area contributed by atoms with E-state index in [0.717, 1.165) is 55.6 Å². The summed E-state index contributed by atoms with van der Waals surface area (Å²) >= 11 is 0. The zero-order chi connectivity index (χ0) is 19.9. The lowest BCUT2D eigenvalue weighted by molar-refractivity contribution is -0.105. The first-order chi connectivity index (χ1) is 12.8. The summed E-state index contributed by atoms with van der Waals surface area (Å²) in [5.41, 5.74) is 1.57. The quantitative estimate of drug-likeness (QED) is 0.442. The van der Waals surface area contributed by atoms with Crippen LogP contribution in [-0.2, 0) is 14.6 Å². The van der Waals surface area contributed by atoms with Gasteiger partial charge >= 0.3 is 0 Å². The number of unbranched alkanes of at least 4 members (excludes halogenated alkanes) is 3. The van der Waals surface area contributed by atoms with Crippen molar-refractivity contribution in [2.75, 3.05) is 23.4 Å². The van der Waals surface area contributed by atoms with Crippen LogP contribution in [0.1, 0.15) is 64.5 Å². The van der Waals surface area contributed by atoms with Crippen molar-refractivity contribution < 1.29 is 17.9 Å². The van der Waals surface area contributed by atoms with E-state index in [1.807, 2.05) is 18.2 Å². The Bertz CT molecular complexity index is 731. The van der Waals surface area contributed by atoms with Gasteiger partial charge in [0, 0.05) is 29.5 Å². The van der Waals surface area contributed by atoms with Crippen LogP contribution in [0.2, 0.25) is 0 Å². The molecule has 0 bridgehead atoms. The molecule has 1 aromatic rings. The molecule has 1 amide bonds. The van der Waals surface area contributed by atoms with Crippen molar-refractivity contribution in [2.24, 2.45) is 0 Å². The molecule has 1 aromatic carbocycles. The standard InChI is InChI=1S/C20H32N2O4S/c1-4-27(24,25)12-8-6-5-7-11-21-18-14-20(2,3)26-19-10-9-16(22-15-23)13-17(18)19/h9-10,13,15,18,21H,4-8,11-12,14H2,1-3H3,(H,22,23). The predicted octanol–water partition coefficient (Wildman–Crippen LogP) is 3.44. The van der Waals surface area contributed by atoms with Gasteiger partial charge in [0.2, 0.25) is 6.41 Å². The Balaban J connectivity index is 1.85. The lowest BCUT2D eigenvalue weighted by Crippen LogP contribution is -2.39. The van der Waals surface area contributed by atoms with Crippen LogP contribution in [0.4, 0.5) is 5.69 Å². The maximum atomic E-state index is 11.5. The lowest BCUT2D eigenvalue weighted by Gasteiger charge is -2.38. The molecule has 0 saturated heterocycles. The largest absolute Gasteiger partial charge is 0.487 e. The van der Waals surface area contributed by atoms with Gasteiger partial charge in [-0.1, -0.05) is 19.8 Å². The van der Waals surface area contributed by atoms with E-state index in [0.29, 0.717) is 12.2 Å². The molecule has 0 fully saturated rings. The number of nitrogens with one attached hydrogen (secondary N) is 2. The molecule has 0 spiro atoms. The molecular weight excluding hydrogens is 364 g/mol. The van der Waals surface area contributed by atoms with Gasteiger partial charge in [-0.3, -0.25) is 4.79 Å². The Morgan fingerprint density at radius 1 is 1.22 bits per heavy atom. The van der Waals surface area contributed by atoms with Crippen molar-refractivity contribution in [2.45, 2.75) is 64.5 Å². The minimum Gasteiger partial charge on any atom is -0.487 e. The second kappa shape index (κ2) is 9.55. The molecule has 2 N–H and O–H groups in total. The molecule has 152 valence electrons. The highest BCUT2D eigenvalue weighted by atomic mass is 32.2. The van der Waals surface area contributed by atoms with Gasteiger partial charge in [0.05, 0.1) is 5.75 Å². The van der Waals surface area contributed by atoms with Crippen molar-refractivity contribution in [3.63, 3.8) is 0 Å². The van der Waals surface area contributed by atoms with Gasteiger partial charge in [-0.15, -0.1) is 0 Å². The van der Waals surface area contributed by atoms with Crippen LogP contribution in [0.3, 0.4) is 0 Å². The Morgan fingerprint density at radius 2 is 1.96 bits per heavy atom. The van der Waals surface area contributed by atoms with Gasteiger partial charge in [0.1, 0.15) is 21.2 Å². The molecule has 0 aliphatic carbocycles. The van der Waals surface area contributed by atoms with Crippen LogP contribution in [0.25, 0.3) is 0 Å². The zero-order valence-electron chi connectivity index (χ0n) is 16.6. The summed E-state index contributed by atoms with van der Waals surface area (Å²) in [5, 5.41) is 6.30. The van der Waals surface area contributed by atoms with Gasteiger partial charge in [-0.2, -0.15) is 0 Å². The van der Waals surface area contributed by atoms with Crippen LogP contribution in [0.5, 0.6) is 5.75 Å². The Hall–Kier alpha value is -1.60. The molecule has 0 radical (unpaired) electrons. The molecule has 27 heavy (non-hydrogen) atoms. The number of sulfone groups is 1. The summed E-state index contributed by atoms with van der Waals surface area (Å²) in [6.07, 6.45) is 5.22. The van der Waals surface area contributed by atoms with Crippen molar-refractivity contribution in [1.29, 1.82) is 0 Å². The fourth-order valence-corrected chi connectivity index (χ4v) is 4.35. The molecule has 1 atom stereocenters. The number of benzene rings is 1. The summed E-state index contributed by atoms with van der Waals surface area (Å²) in [4.78, 5) is 10.7. The lowest BCUT2D eigenvalue weighted by atomic mass is 9.89. The highest BCUT2D eigenvalue weighted by Gasteiger charge is 2.33. The summed E-state index contributed by atoms with van der Waals surface area (Å²) in [7, 11) is -2.84. The molecule has 1 unspecified atom stereocenters. The van der Waals surface area contributed by atoms with Gasteiger partial charge < -0.3 is 15.4 Å². The van der Waals surface area contributed by atoms with Crippen LogP contribution < -0.4 is 15.4 Å². The van der Waals surface area contributed by atoms with E-state index in [2.05, 4.69) is 24.5 Å². The first-order valence-corrected chi connectivity index (χ1v) is 11.6. The first kappa shape index (κ1) is 21.7. The zero-order valence-corrected chi connectivity index (χ0v) is 17.4. The number of carbonyl (C=O) groups excluding carboxylic acids is 1. The van der Waals surface area contributed by atoms with Gasteiger partial charge in [-0.25, -0.2) is 8.42 Å². The Kier molecular flexibility index (Phi) is 7.68. The van der Waals surface area contributed by atoms with Crippen molar-refractivity contribution in [3.8, 4) is 5.75 Å². The summed E-state index contributed by atoms with van der Waals surface area (Å²) in [6.45, 7) is 6.72. The minimum atomic E-state index is -2.84. The smallest absolute Gasteiger partial charge is 0.211 e. The number of anilines is 1. The van der Waals surface area contributed by atoms with E-state index in [9.17, 15) is 13.2 Å². The highest BCUT2D eigenvalue weighted by Crippen LogP contribution is 2.40. The van der Waals surface area contributed by atoms with E-state index in [-0.39, 0.29) is 17.4 Å². The normalized spacial score (nSPS) is 18.4. The maximum absolute atomic E-state index is 11.5. The predicted molar refractivity (Wildman–Crippen MR) is 109 cm³/mol. The first-order valence-electron chi connectivity index (χ1n) is 9.73. The number of rotatable bonds is 11. The van der Waals surface area contributed by atoms with E-state index >= 15 is 0 Å². The molecule has 1 aliphatic heterocycles. The summed E-state index contributed by atoms with van der Waals surface area (Å²) in [6, 6.07) is 5.88. The average molecular weight is 397 g/mol. The third-order valence-electron chi connectivity index (χ3n) is 4.91. The van der Waals surface area contributed by atoms with Crippen molar-refractivity contribution >= 4 is 21.9 Å². The molecule has 7 heteroatoms. The fourth-order valence-electron chi connectivity index (χ4n) is 3.42. The molecule has 0 aromatic heterocycles. The summed E-state index contributed by atoms with van der Waals surface area (Å²) < 4.78 is 29.1.